The van der Waals surface area contributed by atoms with E-state index < -0.39 is 29.4 Å². The van der Waals surface area contributed by atoms with Gasteiger partial charge in [0.1, 0.15) is 5.82 Å². The molecule has 1 aromatic carbocycles. The first-order chi connectivity index (χ1) is 14.9. The number of nitrogens with one attached hydrogen (secondary N) is 1. The van der Waals surface area contributed by atoms with Gasteiger partial charge in [0.25, 0.3) is 0 Å². The number of hydrogen-bond acceptors (Lipinski definition) is 6. The summed E-state index contributed by atoms with van der Waals surface area (Å²) in [6.45, 7) is 1.59. The van der Waals surface area contributed by atoms with Gasteiger partial charge in [-0.3, -0.25) is 4.79 Å². The number of carbonyl (C=O) groups is 1. The number of aliphatic hydroxyl groups is 1. The first kappa shape index (κ1) is 21.4. The van der Waals surface area contributed by atoms with E-state index in [2.05, 4.69) is 15.3 Å². The number of aromatic nitrogens is 2. The normalized spacial score (nSPS) is 20.1. The molecule has 0 spiro atoms. The molecular weight excluding hydrogens is 404 g/mol. The van der Waals surface area contributed by atoms with Gasteiger partial charge in [0.2, 0.25) is 11.7 Å². The predicted molar refractivity (Wildman–Crippen MR) is 112 cm³/mol. The van der Waals surface area contributed by atoms with Crippen molar-refractivity contribution < 1.29 is 23.4 Å². The molecule has 2 atom stereocenters. The smallest absolute Gasteiger partial charge is 0.223 e. The number of rotatable bonds is 6. The van der Waals surface area contributed by atoms with E-state index >= 15 is 0 Å². The zero-order chi connectivity index (χ0) is 22.0. The van der Waals surface area contributed by atoms with Crippen LogP contribution in [0.4, 0.5) is 14.7 Å². The number of fused-ring (bicyclic) bond motifs is 1. The summed E-state index contributed by atoms with van der Waals surface area (Å²) in [7, 11) is 0. The molecule has 4 rings (SSSR count). The zero-order valence-electron chi connectivity index (χ0n) is 17.3. The number of ether oxygens (including phenoxy) is 1. The highest BCUT2D eigenvalue weighted by Crippen LogP contribution is 2.35. The van der Waals surface area contributed by atoms with Crippen LogP contribution >= 0.6 is 0 Å². The fourth-order valence-electron chi connectivity index (χ4n) is 4.12. The lowest BCUT2D eigenvalue weighted by molar-refractivity contribution is -0.119. The van der Waals surface area contributed by atoms with Crippen molar-refractivity contribution in [3.05, 3.63) is 53.0 Å². The summed E-state index contributed by atoms with van der Waals surface area (Å²) in [5.41, 5.74) is 1.07. The van der Waals surface area contributed by atoms with Gasteiger partial charge in [0.05, 0.1) is 17.7 Å². The van der Waals surface area contributed by atoms with Gasteiger partial charge in [-0.1, -0.05) is 19.3 Å². The van der Waals surface area contributed by atoms with Crippen LogP contribution in [0, 0.1) is 11.6 Å². The van der Waals surface area contributed by atoms with E-state index in [4.69, 9.17) is 4.74 Å². The maximum Gasteiger partial charge on any atom is 0.223 e. The number of Topliss-reactive ketones (excluding diaryl/α,β-unsaturated/α-hetero) is 1. The van der Waals surface area contributed by atoms with Crippen molar-refractivity contribution in [2.24, 2.45) is 0 Å². The fourth-order valence-corrected chi connectivity index (χ4v) is 4.12. The van der Waals surface area contributed by atoms with Gasteiger partial charge in [-0.05, 0) is 44.4 Å². The second-order valence-corrected chi connectivity index (χ2v) is 8.20. The molecule has 0 radical (unpaired) electrons. The monoisotopic (exact) mass is 429 g/mol. The maximum absolute atomic E-state index is 14.0. The molecule has 8 heteroatoms. The van der Waals surface area contributed by atoms with E-state index in [1.807, 2.05) is 0 Å². The van der Waals surface area contributed by atoms with Gasteiger partial charge in [-0.25, -0.2) is 18.7 Å². The Morgan fingerprint density at radius 1 is 1.26 bits per heavy atom. The highest BCUT2D eigenvalue weighted by Gasteiger charge is 2.34. The number of allylic oxidation sites excluding steroid dienone is 1. The quantitative estimate of drug-likeness (QED) is 0.710. The second kappa shape index (κ2) is 9.09. The maximum atomic E-state index is 14.0. The van der Waals surface area contributed by atoms with Crippen LogP contribution in [0.15, 0.2) is 30.2 Å². The Labute approximate surface area is 179 Å². The predicted octanol–water partition coefficient (Wildman–Crippen LogP) is 4.36. The van der Waals surface area contributed by atoms with Crippen LogP contribution in [-0.4, -0.2) is 33.0 Å². The molecule has 2 aliphatic rings. The van der Waals surface area contributed by atoms with E-state index in [0.29, 0.717) is 29.3 Å². The Hall–Kier alpha value is -2.87. The minimum absolute atomic E-state index is 0.0970. The number of hydrogen-bond donors (Lipinski definition) is 2. The van der Waals surface area contributed by atoms with E-state index in [0.717, 1.165) is 37.8 Å². The van der Waals surface area contributed by atoms with Gasteiger partial charge in [0, 0.05) is 23.9 Å². The lowest BCUT2D eigenvalue weighted by Crippen LogP contribution is -2.28. The molecule has 0 bridgehead atoms. The van der Waals surface area contributed by atoms with Crippen molar-refractivity contribution in [3.8, 4) is 5.75 Å². The Balaban J connectivity index is 1.64. The van der Waals surface area contributed by atoms with E-state index in [1.165, 1.54) is 12.5 Å². The molecule has 6 nitrogen and oxygen atoms in total. The summed E-state index contributed by atoms with van der Waals surface area (Å²) in [4.78, 5) is 22.1. The minimum atomic E-state index is -0.908. The zero-order valence-corrected chi connectivity index (χ0v) is 17.3. The minimum Gasteiger partial charge on any atom is -0.450 e. The number of halogens is 2. The molecule has 1 heterocycles. The topological polar surface area (TPSA) is 84.3 Å². The molecule has 2 aromatic rings. The molecule has 0 aliphatic heterocycles. The molecule has 1 unspecified atom stereocenters. The first-order valence-electron chi connectivity index (χ1n) is 10.6. The number of ketones is 1. The Morgan fingerprint density at radius 2 is 2.03 bits per heavy atom. The highest BCUT2D eigenvalue weighted by molar-refractivity contribution is 6.05. The van der Waals surface area contributed by atoms with Crippen LogP contribution in [0.5, 0.6) is 5.75 Å². The second-order valence-electron chi connectivity index (χ2n) is 8.20. The van der Waals surface area contributed by atoms with Gasteiger partial charge in [-0.15, -0.1) is 0 Å². The summed E-state index contributed by atoms with van der Waals surface area (Å²) in [6.07, 6.45) is 8.10. The molecule has 1 fully saturated rings. The van der Waals surface area contributed by atoms with Gasteiger partial charge < -0.3 is 15.2 Å². The van der Waals surface area contributed by atoms with Crippen LogP contribution in [0.25, 0.3) is 6.08 Å². The van der Waals surface area contributed by atoms with Crippen molar-refractivity contribution in [2.45, 2.75) is 63.5 Å². The number of nitrogens with zero attached hydrogens (tertiary/aromatic N) is 2. The molecule has 1 aromatic heterocycles. The summed E-state index contributed by atoms with van der Waals surface area (Å²) in [5, 5.41) is 13.3. The third-order valence-electron chi connectivity index (χ3n) is 5.65. The number of carbonyl (C=O) groups excluding carboxylic acids is 1. The van der Waals surface area contributed by atoms with E-state index in [9.17, 15) is 18.7 Å². The van der Waals surface area contributed by atoms with E-state index in [-0.39, 0.29) is 17.9 Å². The number of aliphatic hydroxyl groups excluding tert-OH is 1. The van der Waals surface area contributed by atoms with Gasteiger partial charge in [0.15, 0.2) is 17.3 Å². The van der Waals surface area contributed by atoms with Crippen LogP contribution in [0.2, 0.25) is 0 Å². The molecule has 0 saturated heterocycles. The third kappa shape index (κ3) is 4.90. The van der Waals surface area contributed by atoms with Crippen molar-refractivity contribution in [1.82, 2.24) is 9.97 Å². The lowest BCUT2D eigenvalue weighted by Gasteiger charge is -2.26. The number of benzene rings is 1. The fraction of sp³-hybridized carbons (Fsp3) is 0.435. The van der Waals surface area contributed by atoms with Crippen molar-refractivity contribution in [3.63, 3.8) is 0 Å². The first-order valence-corrected chi connectivity index (χ1v) is 10.6. The molecule has 164 valence electrons. The average Bonchev–Trinajstić information content (AvgIpc) is 2.74. The molecular formula is C23H25F2N3O3. The number of anilines is 1. The Kier molecular flexibility index (Phi) is 6.27. The SMILES string of the molecule is C[C@H](O)CC1C(=O)C(Oc2ccc(F)cc2F)=Cc2cnc(NC3CCCCC3)nc21. The summed E-state index contributed by atoms with van der Waals surface area (Å²) in [6, 6.07) is 3.18. The highest BCUT2D eigenvalue weighted by atomic mass is 19.1. The summed E-state index contributed by atoms with van der Waals surface area (Å²) < 4.78 is 32.7. The van der Waals surface area contributed by atoms with Crippen LogP contribution in [0.3, 0.4) is 0 Å². The van der Waals surface area contributed by atoms with Gasteiger partial charge >= 0.3 is 0 Å². The lowest BCUT2D eigenvalue weighted by atomic mass is 9.86. The van der Waals surface area contributed by atoms with Crippen molar-refractivity contribution >= 4 is 17.8 Å². The Morgan fingerprint density at radius 3 is 2.74 bits per heavy atom. The average molecular weight is 429 g/mol. The molecule has 0 amide bonds. The Bertz CT molecular complexity index is 1000. The molecule has 2 aliphatic carbocycles. The van der Waals surface area contributed by atoms with Crippen LogP contribution < -0.4 is 10.1 Å². The molecule has 1 saturated carbocycles. The van der Waals surface area contributed by atoms with Gasteiger partial charge in [-0.2, -0.15) is 0 Å². The van der Waals surface area contributed by atoms with Crippen molar-refractivity contribution in [2.75, 3.05) is 5.32 Å². The largest absolute Gasteiger partial charge is 0.450 e. The third-order valence-corrected chi connectivity index (χ3v) is 5.65. The summed E-state index contributed by atoms with van der Waals surface area (Å²) >= 11 is 0. The molecule has 2 N–H and O–H groups in total. The standard InChI is InChI=1S/C23H25F2N3O3/c1-13(29)9-17-21-14(12-26-23(28-21)27-16-5-3-2-4-6-16)10-20(22(17)30)31-19-8-7-15(24)11-18(19)25/h7-8,10-13,16-17,29H,2-6,9H2,1H3,(H,26,27,28)/t13-,17?/m0/s1. The summed E-state index contributed by atoms with van der Waals surface area (Å²) in [5.74, 6) is -2.71. The van der Waals surface area contributed by atoms with Crippen LogP contribution in [-0.2, 0) is 4.79 Å². The van der Waals surface area contributed by atoms with Crippen LogP contribution in [0.1, 0.15) is 62.6 Å². The molecule has 31 heavy (non-hydrogen) atoms. The van der Waals surface area contributed by atoms with E-state index in [1.54, 1.807) is 13.1 Å². The van der Waals surface area contributed by atoms with Crippen molar-refractivity contribution in [1.29, 1.82) is 0 Å².